The van der Waals surface area contributed by atoms with Crippen LogP contribution < -0.4 is 5.32 Å². The van der Waals surface area contributed by atoms with E-state index in [0.29, 0.717) is 29.3 Å². The van der Waals surface area contributed by atoms with Crippen molar-refractivity contribution in [1.82, 2.24) is 15.1 Å². The summed E-state index contributed by atoms with van der Waals surface area (Å²) in [5, 5.41) is 2.74. The van der Waals surface area contributed by atoms with Crippen LogP contribution in [0.25, 0.3) is 0 Å². The number of ether oxygens (including phenoxy) is 1. The molecule has 3 aromatic carbocycles. The second-order valence-corrected chi connectivity index (χ2v) is 12.5. The van der Waals surface area contributed by atoms with Gasteiger partial charge in [0.1, 0.15) is 12.6 Å². The molecule has 3 aliphatic rings. The summed E-state index contributed by atoms with van der Waals surface area (Å²) < 4.78 is 58.8. The van der Waals surface area contributed by atoms with E-state index in [9.17, 15) is 26.8 Å². The van der Waals surface area contributed by atoms with Gasteiger partial charge in [-0.15, -0.1) is 0 Å². The van der Waals surface area contributed by atoms with Gasteiger partial charge in [0.15, 0.2) is 11.6 Å². The molecule has 3 heterocycles. The zero-order valence-corrected chi connectivity index (χ0v) is 23.0. The standard InChI is InChI=1S/C30H29F2N3O5S/c31-23-11-10-20(18-24(23)32)25-19-40-29(37)35(25)28(36)33-14-5-15-34-16-12-30(13-17-34)21-6-1-3-8-26(21)41(38,39)27-9-4-2-7-22(27)30/h1-4,6-11,18,25H,5,12-17,19H2,(H,33,36)/t25-/m1/s1. The van der Waals surface area contributed by atoms with Crippen molar-refractivity contribution in [1.29, 1.82) is 0 Å². The van der Waals surface area contributed by atoms with Crippen molar-refractivity contribution in [3.05, 3.63) is 95.1 Å². The SMILES string of the molecule is O=C(NCCCN1CCC2(CC1)c1ccccc1S(=O)(=O)c1ccccc12)N1C(=O)OC[C@@H]1c1ccc(F)c(F)c1. The molecule has 1 atom stereocenters. The van der Waals surface area contributed by atoms with E-state index in [-0.39, 0.29) is 17.6 Å². The lowest BCUT2D eigenvalue weighted by Crippen LogP contribution is -2.47. The Kier molecular flexibility index (Phi) is 7.03. The lowest BCUT2D eigenvalue weighted by Gasteiger charge is -2.46. The van der Waals surface area contributed by atoms with Crippen LogP contribution >= 0.6 is 0 Å². The van der Waals surface area contributed by atoms with Gasteiger partial charge in [-0.3, -0.25) is 0 Å². The molecule has 214 valence electrons. The topological polar surface area (TPSA) is 96.0 Å². The second kappa shape index (κ2) is 10.5. The van der Waals surface area contributed by atoms with Crippen molar-refractivity contribution in [2.75, 3.05) is 32.8 Å². The minimum absolute atomic E-state index is 0.138. The van der Waals surface area contributed by atoms with Gasteiger partial charge in [-0.2, -0.15) is 0 Å². The molecule has 0 aliphatic carbocycles. The van der Waals surface area contributed by atoms with E-state index in [2.05, 4.69) is 10.2 Å². The van der Waals surface area contributed by atoms with Gasteiger partial charge in [-0.1, -0.05) is 42.5 Å². The molecule has 0 saturated carbocycles. The number of urea groups is 1. The fourth-order valence-corrected chi connectivity index (χ4v) is 8.21. The largest absolute Gasteiger partial charge is 0.446 e. The van der Waals surface area contributed by atoms with Crippen LogP contribution in [-0.4, -0.2) is 63.1 Å². The summed E-state index contributed by atoms with van der Waals surface area (Å²) in [5.41, 5.74) is 1.61. The van der Waals surface area contributed by atoms with Crippen molar-refractivity contribution in [3.8, 4) is 0 Å². The Morgan fingerprint density at radius 2 is 1.59 bits per heavy atom. The third-order valence-electron chi connectivity index (χ3n) is 8.44. The second-order valence-electron chi connectivity index (χ2n) is 10.6. The highest BCUT2D eigenvalue weighted by atomic mass is 32.2. The third-order valence-corrected chi connectivity index (χ3v) is 10.3. The molecule has 1 N–H and O–H groups in total. The van der Waals surface area contributed by atoms with Crippen molar-refractivity contribution >= 4 is 22.0 Å². The molecule has 6 rings (SSSR count). The van der Waals surface area contributed by atoms with Crippen molar-refractivity contribution in [3.63, 3.8) is 0 Å². The molecule has 0 radical (unpaired) electrons. The predicted octanol–water partition coefficient (Wildman–Crippen LogP) is 4.79. The number of benzene rings is 3. The van der Waals surface area contributed by atoms with Crippen LogP contribution in [0.1, 0.15) is 42.0 Å². The molecule has 2 saturated heterocycles. The van der Waals surface area contributed by atoms with Crippen LogP contribution in [0.2, 0.25) is 0 Å². The summed E-state index contributed by atoms with van der Waals surface area (Å²) in [5.74, 6) is -2.08. The normalized spacial score (nSPS) is 20.8. The zero-order valence-electron chi connectivity index (χ0n) is 22.2. The lowest BCUT2D eigenvalue weighted by atomic mass is 9.67. The minimum atomic E-state index is -3.58. The number of nitrogens with one attached hydrogen (secondary N) is 1. The molecule has 2 fully saturated rings. The lowest BCUT2D eigenvalue weighted by molar-refractivity contribution is 0.157. The van der Waals surface area contributed by atoms with Crippen LogP contribution in [-0.2, 0) is 20.0 Å². The van der Waals surface area contributed by atoms with Crippen molar-refractivity contribution in [2.45, 2.75) is 40.5 Å². The van der Waals surface area contributed by atoms with Gasteiger partial charge >= 0.3 is 12.1 Å². The summed E-state index contributed by atoms with van der Waals surface area (Å²) >= 11 is 0. The zero-order chi connectivity index (χ0) is 28.8. The summed E-state index contributed by atoms with van der Waals surface area (Å²) in [4.78, 5) is 29.0. The van der Waals surface area contributed by atoms with E-state index in [0.717, 1.165) is 54.1 Å². The van der Waals surface area contributed by atoms with E-state index >= 15 is 0 Å². The Balaban J connectivity index is 1.07. The van der Waals surface area contributed by atoms with Crippen molar-refractivity contribution in [2.24, 2.45) is 0 Å². The molecule has 1 spiro atoms. The molecule has 3 aromatic rings. The molecule has 3 amide bonds. The van der Waals surface area contributed by atoms with E-state index in [1.807, 2.05) is 24.3 Å². The van der Waals surface area contributed by atoms with Gasteiger partial charge in [0, 0.05) is 12.0 Å². The van der Waals surface area contributed by atoms with Crippen LogP contribution in [0.4, 0.5) is 18.4 Å². The number of amides is 3. The number of cyclic esters (lactones) is 1. The van der Waals surface area contributed by atoms with Gasteiger partial charge < -0.3 is 15.0 Å². The number of hydrogen-bond donors (Lipinski definition) is 1. The Labute approximate surface area is 236 Å². The Morgan fingerprint density at radius 1 is 0.951 bits per heavy atom. The van der Waals surface area contributed by atoms with Crippen molar-refractivity contribution < 1.29 is 31.5 Å². The minimum Gasteiger partial charge on any atom is -0.446 e. The summed E-state index contributed by atoms with van der Waals surface area (Å²) in [7, 11) is -3.58. The first-order chi connectivity index (χ1) is 19.7. The van der Waals surface area contributed by atoms with Gasteiger partial charge in [0.25, 0.3) is 0 Å². The molecular weight excluding hydrogens is 552 g/mol. The smallest absolute Gasteiger partial charge is 0.418 e. The van der Waals surface area contributed by atoms with E-state index in [1.54, 1.807) is 24.3 Å². The molecular formula is C30H29F2N3O5S. The average molecular weight is 582 g/mol. The van der Waals surface area contributed by atoms with E-state index in [1.165, 1.54) is 6.07 Å². The molecule has 0 bridgehead atoms. The number of fused-ring (bicyclic) bond motifs is 4. The number of piperidine rings is 1. The number of carbonyl (C=O) groups excluding carboxylic acids is 2. The van der Waals surface area contributed by atoms with Crippen LogP contribution in [0, 0.1) is 11.6 Å². The number of halogens is 2. The van der Waals surface area contributed by atoms with Gasteiger partial charge in [0.05, 0.1) is 9.79 Å². The number of carbonyl (C=O) groups is 2. The molecule has 3 aliphatic heterocycles. The predicted molar refractivity (Wildman–Crippen MR) is 145 cm³/mol. The summed E-state index contributed by atoms with van der Waals surface area (Å²) in [6.45, 7) is 2.38. The fourth-order valence-electron chi connectivity index (χ4n) is 6.35. The first kappa shape index (κ1) is 27.3. The molecule has 11 heteroatoms. The maximum Gasteiger partial charge on any atom is 0.418 e. The Morgan fingerprint density at radius 3 is 2.22 bits per heavy atom. The van der Waals surface area contributed by atoms with Gasteiger partial charge in [-0.25, -0.2) is 31.7 Å². The first-order valence-corrected chi connectivity index (χ1v) is 15.1. The Bertz CT molecular complexity index is 1570. The fraction of sp³-hybridized carbons (Fsp3) is 0.333. The maximum absolute atomic E-state index is 13.7. The van der Waals surface area contributed by atoms with E-state index < -0.39 is 39.6 Å². The number of hydrogen-bond acceptors (Lipinski definition) is 6. The maximum atomic E-state index is 13.7. The molecule has 8 nitrogen and oxygen atoms in total. The highest BCUT2D eigenvalue weighted by molar-refractivity contribution is 7.91. The number of imide groups is 1. The van der Waals surface area contributed by atoms with Crippen LogP contribution in [0.5, 0.6) is 0 Å². The monoisotopic (exact) mass is 581 g/mol. The number of likely N-dealkylation sites (tertiary alicyclic amines) is 1. The highest BCUT2D eigenvalue weighted by Crippen LogP contribution is 2.51. The molecule has 41 heavy (non-hydrogen) atoms. The average Bonchev–Trinajstić information content (AvgIpc) is 3.38. The van der Waals surface area contributed by atoms with Crippen LogP contribution in [0.3, 0.4) is 0 Å². The van der Waals surface area contributed by atoms with Crippen LogP contribution in [0.15, 0.2) is 76.5 Å². The van der Waals surface area contributed by atoms with E-state index in [4.69, 9.17) is 4.74 Å². The first-order valence-electron chi connectivity index (χ1n) is 13.6. The summed E-state index contributed by atoms with van der Waals surface area (Å²) in [6.07, 6.45) is 1.31. The van der Waals surface area contributed by atoms with Gasteiger partial charge in [-0.05, 0) is 79.9 Å². The number of sulfone groups is 1. The Hall–Kier alpha value is -3.83. The number of rotatable bonds is 5. The third kappa shape index (κ3) is 4.66. The highest BCUT2D eigenvalue weighted by Gasteiger charge is 2.47. The molecule has 0 aromatic heterocycles. The number of nitrogens with zero attached hydrogens (tertiary/aromatic N) is 2. The summed E-state index contributed by atoms with van der Waals surface area (Å²) in [6, 6.07) is 16.3. The quantitative estimate of drug-likeness (QED) is 0.436. The molecule has 0 unspecified atom stereocenters. The van der Waals surface area contributed by atoms with Gasteiger partial charge in [0.2, 0.25) is 9.84 Å².